The van der Waals surface area contributed by atoms with E-state index in [1.54, 1.807) is 0 Å². The lowest BCUT2D eigenvalue weighted by atomic mass is 9.78. The molecule has 0 aliphatic heterocycles. The van der Waals surface area contributed by atoms with Crippen LogP contribution in [0.3, 0.4) is 0 Å². The Balaban J connectivity index is 2.44. The Morgan fingerprint density at radius 1 is 1.33 bits per heavy atom. The fourth-order valence-electron chi connectivity index (χ4n) is 2.35. The minimum Gasteiger partial charge on any atom is -0.354 e. The number of carbonyl (C=O) groups is 1. The highest BCUT2D eigenvalue weighted by Gasteiger charge is 2.28. The van der Waals surface area contributed by atoms with E-state index in [1.165, 1.54) is 6.42 Å². The fourth-order valence-corrected chi connectivity index (χ4v) is 2.35. The van der Waals surface area contributed by atoms with Gasteiger partial charge < -0.3 is 11.1 Å². The Kier molecular flexibility index (Phi) is 4.58. The third kappa shape index (κ3) is 3.82. The van der Waals surface area contributed by atoms with Gasteiger partial charge in [-0.3, -0.25) is 4.79 Å². The first-order chi connectivity index (χ1) is 7.00. The molecule has 3 heteroatoms. The van der Waals surface area contributed by atoms with E-state index in [4.69, 9.17) is 5.73 Å². The molecule has 0 saturated heterocycles. The second-order valence-corrected chi connectivity index (χ2v) is 5.14. The third-order valence-electron chi connectivity index (χ3n) is 3.31. The molecule has 3 unspecified atom stereocenters. The summed E-state index contributed by atoms with van der Waals surface area (Å²) in [6.45, 7) is 6.02. The lowest BCUT2D eigenvalue weighted by Crippen LogP contribution is -2.40. The van der Waals surface area contributed by atoms with Crippen LogP contribution in [-0.4, -0.2) is 18.0 Å². The molecule has 0 heterocycles. The van der Waals surface area contributed by atoms with E-state index in [9.17, 15) is 4.79 Å². The highest BCUT2D eigenvalue weighted by Crippen LogP contribution is 2.29. The maximum atomic E-state index is 11.8. The summed E-state index contributed by atoms with van der Waals surface area (Å²) in [5, 5.41) is 2.97. The standard InChI is InChI=1S/C12H24N2O/c1-8(2)14-12(15)9(3)10-5-4-6-11(13)7-10/h8-11H,4-7,13H2,1-3H3,(H,14,15). The van der Waals surface area contributed by atoms with Gasteiger partial charge in [0.1, 0.15) is 0 Å². The first kappa shape index (κ1) is 12.5. The molecule has 1 aliphatic rings. The van der Waals surface area contributed by atoms with E-state index in [-0.39, 0.29) is 17.9 Å². The van der Waals surface area contributed by atoms with Crippen LogP contribution in [0, 0.1) is 11.8 Å². The van der Waals surface area contributed by atoms with Crippen LogP contribution in [0.2, 0.25) is 0 Å². The lowest BCUT2D eigenvalue weighted by molar-refractivity contribution is -0.127. The average molecular weight is 212 g/mol. The fraction of sp³-hybridized carbons (Fsp3) is 0.917. The predicted molar refractivity (Wildman–Crippen MR) is 62.4 cm³/mol. The molecule has 3 nitrogen and oxygen atoms in total. The molecule has 15 heavy (non-hydrogen) atoms. The van der Waals surface area contributed by atoms with Crippen molar-refractivity contribution < 1.29 is 4.79 Å². The van der Waals surface area contributed by atoms with Gasteiger partial charge in [0, 0.05) is 18.0 Å². The molecule has 0 aromatic heterocycles. The summed E-state index contributed by atoms with van der Waals surface area (Å²) < 4.78 is 0. The zero-order chi connectivity index (χ0) is 11.4. The Hall–Kier alpha value is -0.570. The van der Waals surface area contributed by atoms with Gasteiger partial charge in [-0.2, -0.15) is 0 Å². The summed E-state index contributed by atoms with van der Waals surface area (Å²) >= 11 is 0. The van der Waals surface area contributed by atoms with Crippen LogP contribution in [0.4, 0.5) is 0 Å². The number of rotatable bonds is 3. The van der Waals surface area contributed by atoms with Crippen LogP contribution in [0.5, 0.6) is 0 Å². The zero-order valence-electron chi connectivity index (χ0n) is 10.1. The van der Waals surface area contributed by atoms with Gasteiger partial charge >= 0.3 is 0 Å². The van der Waals surface area contributed by atoms with Crippen LogP contribution >= 0.6 is 0 Å². The number of hydrogen-bond donors (Lipinski definition) is 2. The van der Waals surface area contributed by atoms with Gasteiger partial charge in [0.2, 0.25) is 5.91 Å². The van der Waals surface area contributed by atoms with Gasteiger partial charge in [-0.05, 0) is 39.0 Å². The van der Waals surface area contributed by atoms with Crippen molar-refractivity contribution in [3.63, 3.8) is 0 Å². The summed E-state index contributed by atoms with van der Waals surface area (Å²) in [5.74, 6) is 0.773. The molecule has 0 aromatic carbocycles. The molecule has 88 valence electrons. The maximum absolute atomic E-state index is 11.8. The van der Waals surface area contributed by atoms with Crippen LogP contribution in [0.1, 0.15) is 46.5 Å². The summed E-state index contributed by atoms with van der Waals surface area (Å²) in [5.41, 5.74) is 5.93. The molecule has 3 N–H and O–H groups in total. The van der Waals surface area contributed by atoms with Crippen molar-refractivity contribution in [3.8, 4) is 0 Å². The van der Waals surface area contributed by atoms with E-state index in [0.717, 1.165) is 19.3 Å². The van der Waals surface area contributed by atoms with Crippen molar-refractivity contribution in [2.75, 3.05) is 0 Å². The van der Waals surface area contributed by atoms with Gasteiger partial charge in [-0.25, -0.2) is 0 Å². The van der Waals surface area contributed by atoms with Crippen molar-refractivity contribution in [1.29, 1.82) is 0 Å². The smallest absolute Gasteiger partial charge is 0.223 e. The van der Waals surface area contributed by atoms with Gasteiger partial charge in [-0.1, -0.05) is 13.3 Å². The van der Waals surface area contributed by atoms with Gasteiger partial charge in [0.25, 0.3) is 0 Å². The molecule has 0 aromatic rings. The second-order valence-electron chi connectivity index (χ2n) is 5.14. The lowest BCUT2D eigenvalue weighted by Gasteiger charge is -2.30. The Morgan fingerprint density at radius 3 is 2.53 bits per heavy atom. The number of nitrogens with one attached hydrogen (secondary N) is 1. The molecule has 0 spiro atoms. The number of nitrogens with two attached hydrogens (primary N) is 1. The first-order valence-corrected chi connectivity index (χ1v) is 6.06. The average Bonchev–Trinajstić information content (AvgIpc) is 2.15. The summed E-state index contributed by atoms with van der Waals surface area (Å²) in [4.78, 5) is 11.8. The normalized spacial score (nSPS) is 28.9. The molecular formula is C12H24N2O. The Morgan fingerprint density at radius 2 is 2.00 bits per heavy atom. The molecule has 1 rings (SSSR count). The molecule has 3 atom stereocenters. The van der Waals surface area contributed by atoms with Crippen molar-refractivity contribution in [2.24, 2.45) is 17.6 Å². The molecule has 0 bridgehead atoms. The van der Waals surface area contributed by atoms with Gasteiger partial charge in [0.05, 0.1) is 0 Å². The minimum atomic E-state index is 0.110. The summed E-state index contributed by atoms with van der Waals surface area (Å²) in [6.07, 6.45) is 4.45. The Bertz CT molecular complexity index is 216. The SMILES string of the molecule is CC(C)NC(=O)C(C)C1CCCC(N)C1. The molecule has 1 aliphatic carbocycles. The molecule has 1 fully saturated rings. The Labute approximate surface area is 92.8 Å². The van der Waals surface area contributed by atoms with Crippen molar-refractivity contribution in [1.82, 2.24) is 5.32 Å². The van der Waals surface area contributed by atoms with Gasteiger partial charge in [0.15, 0.2) is 0 Å². The zero-order valence-corrected chi connectivity index (χ0v) is 10.1. The van der Waals surface area contributed by atoms with Gasteiger partial charge in [-0.15, -0.1) is 0 Å². The van der Waals surface area contributed by atoms with E-state index in [0.29, 0.717) is 12.0 Å². The van der Waals surface area contributed by atoms with Crippen LogP contribution in [-0.2, 0) is 4.79 Å². The predicted octanol–water partition coefficient (Wildman–Crippen LogP) is 1.66. The van der Waals surface area contributed by atoms with E-state index in [2.05, 4.69) is 5.32 Å². The molecule has 1 amide bonds. The van der Waals surface area contributed by atoms with E-state index < -0.39 is 0 Å². The minimum absolute atomic E-state index is 0.110. The summed E-state index contributed by atoms with van der Waals surface area (Å²) in [6, 6.07) is 0.537. The second kappa shape index (κ2) is 5.50. The summed E-state index contributed by atoms with van der Waals surface area (Å²) in [7, 11) is 0. The first-order valence-electron chi connectivity index (χ1n) is 6.06. The highest BCUT2D eigenvalue weighted by atomic mass is 16.1. The molecule has 0 radical (unpaired) electrons. The number of hydrogen-bond acceptors (Lipinski definition) is 2. The number of carbonyl (C=O) groups excluding carboxylic acids is 1. The van der Waals surface area contributed by atoms with E-state index >= 15 is 0 Å². The monoisotopic (exact) mass is 212 g/mol. The highest BCUT2D eigenvalue weighted by molar-refractivity contribution is 5.78. The van der Waals surface area contributed by atoms with Crippen molar-refractivity contribution in [2.45, 2.75) is 58.5 Å². The molecular weight excluding hydrogens is 188 g/mol. The third-order valence-corrected chi connectivity index (χ3v) is 3.31. The van der Waals surface area contributed by atoms with E-state index in [1.807, 2.05) is 20.8 Å². The topological polar surface area (TPSA) is 55.1 Å². The van der Waals surface area contributed by atoms with Crippen molar-refractivity contribution in [3.05, 3.63) is 0 Å². The van der Waals surface area contributed by atoms with Crippen molar-refractivity contribution >= 4 is 5.91 Å². The quantitative estimate of drug-likeness (QED) is 0.747. The van der Waals surface area contributed by atoms with Crippen LogP contribution in [0.25, 0.3) is 0 Å². The maximum Gasteiger partial charge on any atom is 0.223 e. The largest absolute Gasteiger partial charge is 0.354 e. The van der Waals surface area contributed by atoms with Crippen LogP contribution < -0.4 is 11.1 Å². The number of amides is 1. The van der Waals surface area contributed by atoms with Crippen LogP contribution in [0.15, 0.2) is 0 Å². The molecule has 1 saturated carbocycles.